The number of carbonyl (C=O) groups excluding carboxylic acids is 3. The number of esters is 1. The van der Waals surface area contributed by atoms with Crippen molar-refractivity contribution in [3.8, 4) is 0 Å². The highest BCUT2D eigenvalue weighted by Gasteiger charge is 2.34. The third-order valence-corrected chi connectivity index (χ3v) is 4.83. The molecule has 7 nitrogen and oxygen atoms in total. The zero-order valence-electron chi connectivity index (χ0n) is 14.1. The Bertz CT molecular complexity index is 805. The van der Waals surface area contributed by atoms with Crippen LogP contribution in [0.2, 0.25) is 0 Å². The van der Waals surface area contributed by atoms with E-state index in [-0.39, 0.29) is 24.7 Å². The molecule has 0 saturated carbocycles. The number of anilines is 1. The number of nitrogens with one attached hydrogen (secondary N) is 1. The van der Waals surface area contributed by atoms with Gasteiger partial charge < -0.3 is 19.7 Å². The summed E-state index contributed by atoms with van der Waals surface area (Å²) in [6.07, 6.45) is 0. The van der Waals surface area contributed by atoms with E-state index in [1.54, 1.807) is 11.4 Å². The zero-order valence-corrected chi connectivity index (χ0v) is 15.0. The lowest BCUT2D eigenvalue weighted by Crippen LogP contribution is -2.54. The van der Waals surface area contributed by atoms with Crippen LogP contribution in [-0.4, -0.2) is 49.0 Å². The molecule has 0 spiro atoms. The van der Waals surface area contributed by atoms with E-state index in [2.05, 4.69) is 5.32 Å². The van der Waals surface area contributed by atoms with Gasteiger partial charge in [-0.05, 0) is 17.0 Å². The maximum absolute atomic E-state index is 12.7. The molecule has 26 heavy (non-hydrogen) atoms. The first kappa shape index (κ1) is 18.1. The molecule has 1 N–H and O–H groups in total. The molecule has 1 fully saturated rings. The minimum absolute atomic E-state index is 0.0526. The minimum Gasteiger partial charge on any atom is -0.465 e. The van der Waals surface area contributed by atoms with E-state index < -0.39 is 17.9 Å². The molecule has 2 amide bonds. The molecule has 0 aliphatic carbocycles. The van der Waals surface area contributed by atoms with Gasteiger partial charge in [0.25, 0.3) is 0 Å². The average molecular weight is 374 g/mol. The number of ether oxygens (including phenoxy) is 2. The number of nitrogens with zero attached hydrogens (tertiary/aromatic N) is 1. The van der Waals surface area contributed by atoms with Crippen molar-refractivity contribution in [2.24, 2.45) is 0 Å². The Labute approximate surface area is 154 Å². The summed E-state index contributed by atoms with van der Waals surface area (Å²) in [4.78, 5) is 38.3. The van der Waals surface area contributed by atoms with Gasteiger partial charge in [-0.25, -0.2) is 4.79 Å². The maximum atomic E-state index is 12.7. The molecule has 136 valence electrons. The first-order chi connectivity index (χ1) is 12.6. The lowest BCUT2D eigenvalue weighted by atomic mass is 10.1. The number of rotatable bonds is 5. The Hall–Kier alpha value is -2.71. The van der Waals surface area contributed by atoms with Crippen molar-refractivity contribution in [2.45, 2.75) is 12.6 Å². The molecule has 0 bridgehead atoms. The van der Waals surface area contributed by atoms with Crippen LogP contribution in [0.25, 0.3) is 0 Å². The third-order valence-electron chi connectivity index (χ3n) is 4.00. The first-order valence-corrected chi connectivity index (χ1v) is 8.86. The van der Waals surface area contributed by atoms with Crippen LogP contribution in [0.5, 0.6) is 0 Å². The number of thiophene rings is 1. The van der Waals surface area contributed by atoms with E-state index in [4.69, 9.17) is 9.47 Å². The summed E-state index contributed by atoms with van der Waals surface area (Å²) in [7, 11) is 1.28. The van der Waals surface area contributed by atoms with E-state index in [1.807, 2.05) is 30.3 Å². The molecule has 0 radical (unpaired) electrons. The number of benzene rings is 1. The summed E-state index contributed by atoms with van der Waals surface area (Å²) in [6.45, 7) is 0.363. The molecule has 3 rings (SSSR count). The molecule has 1 aliphatic rings. The number of amides is 2. The summed E-state index contributed by atoms with van der Waals surface area (Å²) < 4.78 is 9.97. The van der Waals surface area contributed by atoms with Crippen LogP contribution in [0.1, 0.15) is 15.9 Å². The number of hydrogen-bond donors (Lipinski definition) is 1. The normalized spacial score (nSPS) is 17.0. The second-order valence-corrected chi connectivity index (χ2v) is 6.60. The van der Waals surface area contributed by atoms with E-state index in [0.717, 1.165) is 5.56 Å². The molecule has 1 aromatic carbocycles. The van der Waals surface area contributed by atoms with Crippen LogP contribution in [0.4, 0.5) is 5.00 Å². The summed E-state index contributed by atoms with van der Waals surface area (Å²) >= 11 is 1.21. The lowest BCUT2D eigenvalue weighted by Gasteiger charge is -2.34. The lowest BCUT2D eigenvalue weighted by molar-refractivity contribution is -0.154. The molecular weight excluding hydrogens is 356 g/mol. The molecule has 1 saturated heterocycles. The van der Waals surface area contributed by atoms with E-state index in [1.165, 1.54) is 23.3 Å². The van der Waals surface area contributed by atoms with Crippen molar-refractivity contribution in [3.05, 3.63) is 52.9 Å². The van der Waals surface area contributed by atoms with E-state index >= 15 is 0 Å². The van der Waals surface area contributed by atoms with Gasteiger partial charge in [-0.3, -0.25) is 9.59 Å². The van der Waals surface area contributed by atoms with E-state index in [0.29, 0.717) is 11.5 Å². The van der Waals surface area contributed by atoms with Crippen LogP contribution >= 0.6 is 11.3 Å². The van der Waals surface area contributed by atoms with Crippen molar-refractivity contribution in [1.82, 2.24) is 4.90 Å². The predicted octanol–water partition coefficient (Wildman–Crippen LogP) is 1.90. The van der Waals surface area contributed by atoms with Gasteiger partial charge in [0.05, 0.1) is 19.3 Å². The largest absolute Gasteiger partial charge is 0.465 e. The summed E-state index contributed by atoms with van der Waals surface area (Å²) in [6, 6.07) is 10.2. The topological polar surface area (TPSA) is 84.9 Å². The number of morpholine rings is 1. The monoisotopic (exact) mass is 374 g/mol. The molecule has 1 atom stereocenters. The van der Waals surface area contributed by atoms with Crippen LogP contribution in [0, 0.1) is 0 Å². The quantitative estimate of drug-likeness (QED) is 0.808. The summed E-state index contributed by atoms with van der Waals surface area (Å²) in [5, 5.41) is 4.79. The van der Waals surface area contributed by atoms with Gasteiger partial charge >= 0.3 is 5.97 Å². The average Bonchev–Trinajstić information content (AvgIpc) is 3.11. The SMILES string of the molecule is COC(=O)c1ccsc1NC(=O)C1COCC(=O)N1Cc1ccccc1. The Kier molecular flexibility index (Phi) is 5.65. The van der Waals surface area contributed by atoms with Crippen molar-refractivity contribution < 1.29 is 23.9 Å². The summed E-state index contributed by atoms with van der Waals surface area (Å²) in [5.41, 5.74) is 1.20. The number of methoxy groups -OCH3 is 1. The minimum atomic E-state index is -0.774. The predicted molar refractivity (Wildman–Crippen MR) is 95.9 cm³/mol. The van der Waals surface area contributed by atoms with Crippen molar-refractivity contribution in [3.63, 3.8) is 0 Å². The highest BCUT2D eigenvalue weighted by Crippen LogP contribution is 2.25. The zero-order chi connectivity index (χ0) is 18.5. The highest BCUT2D eigenvalue weighted by atomic mass is 32.1. The molecule has 1 aliphatic heterocycles. The smallest absolute Gasteiger partial charge is 0.340 e. The summed E-state index contributed by atoms with van der Waals surface area (Å²) in [5.74, 6) is -1.18. The Balaban J connectivity index is 1.77. The van der Waals surface area contributed by atoms with Gasteiger partial charge in [0.15, 0.2) is 0 Å². The van der Waals surface area contributed by atoms with Crippen molar-refractivity contribution >= 4 is 34.1 Å². The number of carbonyl (C=O) groups is 3. The fourth-order valence-corrected chi connectivity index (χ4v) is 3.45. The molecule has 1 aromatic heterocycles. The molecule has 8 heteroatoms. The fourth-order valence-electron chi connectivity index (χ4n) is 2.67. The Morgan fingerprint density at radius 2 is 2.08 bits per heavy atom. The Morgan fingerprint density at radius 3 is 2.81 bits per heavy atom. The van der Waals surface area contributed by atoms with Crippen molar-refractivity contribution in [1.29, 1.82) is 0 Å². The molecule has 2 heterocycles. The standard InChI is InChI=1S/C18H18N2O5S/c1-24-18(23)13-7-8-26-17(13)19-16(22)14-10-25-11-15(21)20(14)9-12-5-3-2-4-6-12/h2-8,14H,9-11H2,1H3,(H,19,22). The Morgan fingerprint density at radius 1 is 1.31 bits per heavy atom. The van der Waals surface area contributed by atoms with Gasteiger partial charge in [-0.1, -0.05) is 30.3 Å². The van der Waals surface area contributed by atoms with Gasteiger partial charge in [0.2, 0.25) is 11.8 Å². The van der Waals surface area contributed by atoms with Crippen LogP contribution in [0.15, 0.2) is 41.8 Å². The van der Waals surface area contributed by atoms with Gasteiger partial charge in [-0.15, -0.1) is 11.3 Å². The van der Waals surface area contributed by atoms with Crippen molar-refractivity contribution in [2.75, 3.05) is 25.6 Å². The first-order valence-electron chi connectivity index (χ1n) is 7.98. The molecule has 1 unspecified atom stereocenters. The highest BCUT2D eigenvalue weighted by molar-refractivity contribution is 7.14. The maximum Gasteiger partial charge on any atom is 0.340 e. The second kappa shape index (κ2) is 8.11. The molecule has 2 aromatic rings. The van der Waals surface area contributed by atoms with Crippen LogP contribution < -0.4 is 5.32 Å². The van der Waals surface area contributed by atoms with Crippen LogP contribution in [-0.2, 0) is 25.6 Å². The second-order valence-electron chi connectivity index (χ2n) is 5.68. The van der Waals surface area contributed by atoms with Crippen LogP contribution in [0.3, 0.4) is 0 Å². The van der Waals surface area contributed by atoms with Gasteiger partial charge in [-0.2, -0.15) is 0 Å². The molecular formula is C18H18N2O5S. The fraction of sp³-hybridized carbons (Fsp3) is 0.278. The third kappa shape index (κ3) is 3.92. The van der Waals surface area contributed by atoms with Gasteiger partial charge in [0.1, 0.15) is 17.6 Å². The van der Waals surface area contributed by atoms with Gasteiger partial charge in [0, 0.05) is 6.54 Å². The van der Waals surface area contributed by atoms with E-state index in [9.17, 15) is 14.4 Å². The number of hydrogen-bond acceptors (Lipinski definition) is 6.